The summed E-state index contributed by atoms with van der Waals surface area (Å²) in [5, 5.41) is 8.60. The highest BCUT2D eigenvalue weighted by molar-refractivity contribution is 7.14. The molecule has 5 heteroatoms. The van der Waals surface area contributed by atoms with Crippen LogP contribution >= 0.6 is 11.3 Å². The Bertz CT molecular complexity index is 521. The first-order valence-electron chi connectivity index (χ1n) is 6.93. The first-order valence-corrected chi connectivity index (χ1v) is 7.75. The summed E-state index contributed by atoms with van der Waals surface area (Å²) in [5.41, 5.74) is 0. The van der Waals surface area contributed by atoms with Gasteiger partial charge in [-0.05, 0) is 43.9 Å². The number of nitrogens with zero attached hydrogens (tertiary/aromatic N) is 1. The van der Waals surface area contributed by atoms with Gasteiger partial charge in [0.25, 0.3) is 5.91 Å². The van der Waals surface area contributed by atoms with E-state index in [-0.39, 0.29) is 5.91 Å². The van der Waals surface area contributed by atoms with Crippen LogP contribution < -0.4 is 0 Å². The molecule has 0 saturated carbocycles. The van der Waals surface area contributed by atoms with Crippen LogP contribution in [0.4, 0.5) is 0 Å². The minimum absolute atomic E-state index is 0.0801. The van der Waals surface area contributed by atoms with Gasteiger partial charge in [-0.25, -0.2) is 4.79 Å². The topological polar surface area (TPSA) is 57.6 Å². The molecule has 0 spiro atoms. The Morgan fingerprint density at radius 2 is 2.25 bits per heavy atom. The van der Waals surface area contributed by atoms with Crippen molar-refractivity contribution in [2.75, 3.05) is 6.54 Å². The number of amides is 1. The molecule has 1 aliphatic heterocycles. The van der Waals surface area contributed by atoms with Crippen molar-refractivity contribution in [2.45, 2.75) is 38.6 Å². The molecule has 2 heterocycles. The Labute approximate surface area is 122 Å². The number of piperidine rings is 1. The molecule has 1 aromatic rings. The molecule has 0 bridgehead atoms. The molecule has 1 aromatic heterocycles. The predicted molar refractivity (Wildman–Crippen MR) is 80.0 cm³/mol. The van der Waals surface area contributed by atoms with Crippen LogP contribution in [0.25, 0.3) is 6.08 Å². The summed E-state index contributed by atoms with van der Waals surface area (Å²) < 4.78 is 0. The number of rotatable bonds is 4. The Morgan fingerprint density at radius 3 is 2.95 bits per heavy atom. The van der Waals surface area contributed by atoms with E-state index in [1.165, 1.54) is 23.8 Å². The van der Waals surface area contributed by atoms with Gasteiger partial charge in [0.05, 0.1) is 4.88 Å². The zero-order valence-corrected chi connectivity index (χ0v) is 12.4. The first-order chi connectivity index (χ1) is 9.61. The molecule has 4 nitrogen and oxygen atoms in total. The van der Waals surface area contributed by atoms with Crippen molar-refractivity contribution < 1.29 is 14.7 Å². The van der Waals surface area contributed by atoms with Gasteiger partial charge in [0.1, 0.15) is 0 Å². The zero-order chi connectivity index (χ0) is 14.5. The molecule has 108 valence electrons. The summed E-state index contributed by atoms with van der Waals surface area (Å²) in [7, 11) is 0. The molecular formula is C15H19NO3S. The van der Waals surface area contributed by atoms with Crippen LogP contribution in [-0.4, -0.2) is 34.5 Å². The molecular weight excluding hydrogens is 274 g/mol. The highest BCUT2D eigenvalue weighted by Crippen LogP contribution is 2.25. The van der Waals surface area contributed by atoms with Crippen LogP contribution in [0.5, 0.6) is 0 Å². The van der Waals surface area contributed by atoms with Gasteiger partial charge in [-0.15, -0.1) is 11.3 Å². The van der Waals surface area contributed by atoms with Gasteiger partial charge in [-0.2, -0.15) is 0 Å². The van der Waals surface area contributed by atoms with Crippen LogP contribution in [-0.2, 0) is 4.79 Å². The highest BCUT2D eigenvalue weighted by atomic mass is 32.1. The summed E-state index contributed by atoms with van der Waals surface area (Å²) in [6, 6.07) is 3.93. The molecule has 1 aliphatic rings. The normalized spacial score (nSPS) is 19.4. The molecule has 1 saturated heterocycles. The third-order valence-electron chi connectivity index (χ3n) is 3.59. The Kier molecular flexibility index (Phi) is 4.95. The molecule has 0 radical (unpaired) electrons. The maximum Gasteiger partial charge on any atom is 0.328 e. The third kappa shape index (κ3) is 3.48. The third-order valence-corrected chi connectivity index (χ3v) is 4.63. The van der Waals surface area contributed by atoms with Crippen molar-refractivity contribution in [3.63, 3.8) is 0 Å². The molecule has 0 aliphatic carbocycles. The molecule has 20 heavy (non-hydrogen) atoms. The average molecular weight is 293 g/mol. The molecule has 1 fully saturated rings. The second-order valence-electron chi connectivity index (χ2n) is 4.93. The maximum atomic E-state index is 12.5. The van der Waals surface area contributed by atoms with Gasteiger partial charge in [0.2, 0.25) is 0 Å². The number of carboxylic acids is 1. The molecule has 0 aromatic carbocycles. The van der Waals surface area contributed by atoms with Gasteiger partial charge in [0, 0.05) is 23.5 Å². The van der Waals surface area contributed by atoms with Crippen molar-refractivity contribution in [1.29, 1.82) is 0 Å². The Hall–Kier alpha value is -1.62. The van der Waals surface area contributed by atoms with Gasteiger partial charge in [-0.3, -0.25) is 4.79 Å². The van der Waals surface area contributed by atoms with Gasteiger partial charge < -0.3 is 10.0 Å². The van der Waals surface area contributed by atoms with E-state index in [1.54, 1.807) is 12.1 Å². The fourth-order valence-electron chi connectivity index (χ4n) is 2.54. The monoisotopic (exact) mass is 293 g/mol. The summed E-state index contributed by atoms with van der Waals surface area (Å²) in [6.45, 7) is 2.95. The predicted octanol–water partition coefficient (Wildman–Crippen LogP) is 3.25. The number of hydrogen-bond donors (Lipinski definition) is 1. The summed E-state index contributed by atoms with van der Waals surface area (Å²) >= 11 is 1.35. The van der Waals surface area contributed by atoms with Crippen molar-refractivity contribution >= 4 is 29.3 Å². The van der Waals surface area contributed by atoms with Crippen molar-refractivity contribution in [3.8, 4) is 0 Å². The molecule has 1 unspecified atom stereocenters. The number of likely N-dealkylation sites (tertiary alicyclic amines) is 1. The lowest BCUT2D eigenvalue weighted by atomic mass is 10.00. The summed E-state index contributed by atoms with van der Waals surface area (Å²) in [4.78, 5) is 26.5. The van der Waals surface area contributed by atoms with Crippen molar-refractivity contribution in [2.24, 2.45) is 0 Å². The zero-order valence-electron chi connectivity index (χ0n) is 11.5. The number of hydrogen-bond acceptors (Lipinski definition) is 3. The number of carbonyl (C=O) groups excluding carboxylic acids is 1. The quantitative estimate of drug-likeness (QED) is 0.867. The Balaban J connectivity index is 2.10. The second-order valence-corrected chi connectivity index (χ2v) is 6.05. The number of aliphatic carboxylic acids is 1. The number of thiophene rings is 1. The lowest BCUT2D eigenvalue weighted by molar-refractivity contribution is -0.131. The van der Waals surface area contributed by atoms with Gasteiger partial charge >= 0.3 is 5.97 Å². The lowest BCUT2D eigenvalue weighted by Gasteiger charge is -2.35. The standard InChI is InChI=1S/C15H19NO3S/c1-2-11-5-3-4-10-16(11)15(19)13-8-6-12(20-13)7-9-14(17)18/h6-9,11H,2-5,10H2,1H3,(H,17,18). The maximum absolute atomic E-state index is 12.5. The first kappa shape index (κ1) is 14.8. The minimum atomic E-state index is -0.978. The van der Waals surface area contributed by atoms with Gasteiger partial charge in [-0.1, -0.05) is 6.92 Å². The van der Waals surface area contributed by atoms with E-state index < -0.39 is 5.97 Å². The largest absolute Gasteiger partial charge is 0.478 e. The van der Waals surface area contributed by atoms with Crippen LogP contribution in [0.3, 0.4) is 0 Å². The van der Waals surface area contributed by atoms with Crippen LogP contribution in [0.1, 0.15) is 47.2 Å². The smallest absolute Gasteiger partial charge is 0.328 e. The van der Waals surface area contributed by atoms with E-state index in [9.17, 15) is 9.59 Å². The molecule has 1 N–H and O–H groups in total. The molecule has 2 rings (SSSR count). The summed E-state index contributed by atoms with van der Waals surface area (Å²) in [5.74, 6) is -0.898. The average Bonchev–Trinajstić information content (AvgIpc) is 2.93. The van der Waals surface area contributed by atoms with E-state index in [2.05, 4.69) is 6.92 Å². The van der Waals surface area contributed by atoms with E-state index in [0.29, 0.717) is 10.9 Å². The SMILES string of the molecule is CCC1CCCCN1C(=O)c1ccc(C=CC(=O)O)s1. The van der Waals surface area contributed by atoms with Crippen molar-refractivity contribution in [3.05, 3.63) is 28.0 Å². The second kappa shape index (κ2) is 6.70. The number of carboxylic acid groups (broad SMARTS) is 1. The fourth-order valence-corrected chi connectivity index (χ4v) is 3.41. The van der Waals surface area contributed by atoms with Crippen LogP contribution in [0, 0.1) is 0 Å². The van der Waals surface area contributed by atoms with E-state index in [4.69, 9.17) is 5.11 Å². The van der Waals surface area contributed by atoms with Crippen LogP contribution in [0.15, 0.2) is 18.2 Å². The van der Waals surface area contributed by atoms with Crippen molar-refractivity contribution in [1.82, 2.24) is 4.90 Å². The van der Waals surface area contributed by atoms with E-state index in [0.717, 1.165) is 36.8 Å². The van der Waals surface area contributed by atoms with Crippen LogP contribution in [0.2, 0.25) is 0 Å². The fraction of sp³-hybridized carbons (Fsp3) is 0.467. The Morgan fingerprint density at radius 1 is 1.45 bits per heavy atom. The highest BCUT2D eigenvalue weighted by Gasteiger charge is 2.26. The molecule has 1 atom stereocenters. The lowest BCUT2D eigenvalue weighted by Crippen LogP contribution is -2.43. The summed E-state index contributed by atoms with van der Waals surface area (Å²) in [6.07, 6.45) is 6.95. The molecule has 1 amide bonds. The number of carbonyl (C=O) groups is 2. The van der Waals surface area contributed by atoms with E-state index in [1.807, 2.05) is 4.90 Å². The van der Waals surface area contributed by atoms with Gasteiger partial charge in [0.15, 0.2) is 0 Å². The minimum Gasteiger partial charge on any atom is -0.478 e. The van der Waals surface area contributed by atoms with E-state index >= 15 is 0 Å².